The van der Waals surface area contributed by atoms with Gasteiger partial charge in [-0.25, -0.2) is 9.59 Å². The number of hydrogen-bond donors (Lipinski definition) is 5. The maximum Gasteiger partial charge on any atom is 0.359 e. The highest BCUT2D eigenvalue weighted by Crippen LogP contribution is 2.14. The van der Waals surface area contributed by atoms with E-state index < -0.39 is 54.5 Å². The Morgan fingerprint density at radius 3 is 1.54 bits per heavy atom. The van der Waals surface area contributed by atoms with E-state index in [4.69, 9.17) is 26.2 Å². The van der Waals surface area contributed by atoms with Gasteiger partial charge in [-0.15, -0.1) is 0 Å². The molecule has 0 heterocycles. The molecule has 0 aliphatic carbocycles. The third kappa shape index (κ3) is 8.10. The van der Waals surface area contributed by atoms with Crippen molar-refractivity contribution in [1.29, 1.82) is 0 Å². The minimum atomic E-state index is -1.30. The molecule has 0 saturated carbocycles. The highest BCUT2D eigenvalue weighted by Gasteiger charge is 2.35. The fraction of sp³-hybridized carbons (Fsp3) is 0.538. The molecule has 0 bridgehead atoms. The fourth-order valence-corrected chi connectivity index (χ4v) is 2.35. The first-order chi connectivity index (χ1) is 11.0. The monoisotopic (exact) mass is 348 g/mol. The Hall–Kier alpha value is -2.66. The minimum absolute atomic E-state index is 0.00823. The summed E-state index contributed by atoms with van der Waals surface area (Å²) in [7, 11) is 0. The number of nitrogens with zero attached hydrogens (tertiary/aromatic N) is 2. The second kappa shape index (κ2) is 9.47. The molecule has 0 aromatic rings. The summed E-state index contributed by atoms with van der Waals surface area (Å²) in [4.78, 5) is 44.8. The Balaban J connectivity index is 5.48. The molecule has 0 spiro atoms. The van der Waals surface area contributed by atoms with Crippen LogP contribution in [0.15, 0.2) is 12.3 Å². The number of aliphatic carboxylic acids is 4. The van der Waals surface area contributed by atoms with Crippen LogP contribution in [0.2, 0.25) is 0 Å². The van der Waals surface area contributed by atoms with Crippen molar-refractivity contribution in [3.05, 3.63) is 12.3 Å². The lowest BCUT2D eigenvalue weighted by Gasteiger charge is -2.38. The average molecular weight is 348 g/mol. The second-order valence-electron chi connectivity index (χ2n) is 5.33. The lowest BCUT2D eigenvalue weighted by atomic mass is 10.2. The molecule has 0 amide bonds. The molecular weight excluding hydrogens is 326 g/mol. The van der Waals surface area contributed by atoms with E-state index in [2.05, 4.69) is 6.58 Å². The van der Waals surface area contributed by atoms with Gasteiger partial charge in [0.2, 0.25) is 0 Å². The topological polar surface area (TPSA) is 178 Å². The SMILES string of the molecule is C=C(C[N+](CCN)(CC(=O)O)CC(=O)O)N(CC(=O)O)CC(=O)O. The van der Waals surface area contributed by atoms with Crippen LogP contribution < -0.4 is 5.73 Å². The predicted octanol–water partition coefficient (Wildman–Crippen LogP) is -2.08. The zero-order valence-corrected chi connectivity index (χ0v) is 13.1. The number of carboxylic acid groups (broad SMARTS) is 4. The summed E-state index contributed by atoms with van der Waals surface area (Å²) >= 11 is 0. The van der Waals surface area contributed by atoms with Crippen LogP contribution in [-0.2, 0) is 19.2 Å². The lowest BCUT2D eigenvalue weighted by molar-refractivity contribution is -0.909. The molecule has 136 valence electrons. The van der Waals surface area contributed by atoms with Gasteiger partial charge < -0.3 is 31.1 Å². The van der Waals surface area contributed by atoms with Crippen LogP contribution in [0.1, 0.15) is 0 Å². The first-order valence-electron chi connectivity index (χ1n) is 6.86. The lowest BCUT2D eigenvalue weighted by Crippen LogP contribution is -2.58. The van der Waals surface area contributed by atoms with Gasteiger partial charge in [-0.2, -0.15) is 0 Å². The minimum Gasteiger partial charge on any atom is -0.480 e. The smallest absolute Gasteiger partial charge is 0.359 e. The molecule has 0 aliphatic rings. The maximum atomic E-state index is 11.1. The van der Waals surface area contributed by atoms with E-state index in [9.17, 15) is 19.2 Å². The summed E-state index contributed by atoms with van der Waals surface area (Å²) in [5.41, 5.74) is 5.46. The maximum absolute atomic E-state index is 11.1. The van der Waals surface area contributed by atoms with Crippen molar-refractivity contribution in [3.63, 3.8) is 0 Å². The Labute approximate surface area is 137 Å². The summed E-state index contributed by atoms with van der Waals surface area (Å²) in [5.74, 6) is -5.13. The standard InChI is InChI=1S/C13H21N3O8/c1-9(15(4-10(17)18)5-11(19)20)6-16(3-2-14,7-12(21)22)8-13(23)24/h1-8,14H2,(H3-,17,18,19,20,21,22,23,24)/p+1. The van der Waals surface area contributed by atoms with Crippen molar-refractivity contribution in [1.82, 2.24) is 4.90 Å². The molecule has 24 heavy (non-hydrogen) atoms. The fourth-order valence-electron chi connectivity index (χ4n) is 2.35. The Kier molecular flexibility index (Phi) is 8.42. The molecule has 0 aromatic carbocycles. The first-order valence-corrected chi connectivity index (χ1v) is 6.86. The predicted molar refractivity (Wildman–Crippen MR) is 80.0 cm³/mol. The number of quaternary nitrogens is 1. The normalized spacial score (nSPS) is 10.9. The molecule has 0 aliphatic heterocycles. The summed E-state index contributed by atoms with van der Waals surface area (Å²) in [6.07, 6.45) is 0. The van der Waals surface area contributed by atoms with Gasteiger partial charge in [-0.3, -0.25) is 14.1 Å². The molecular formula is C13H22N3O8+. The number of carbonyl (C=O) groups is 4. The third-order valence-electron chi connectivity index (χ3n) is 3.16. The molecule has 0 unspecified atom stereocenters. The van der Waals surface area contributed by atoms with Crippen LogP contribution in [-0.4, -0.2) is 99.5 Å². The van der Waals surface area contributed by atoms with Crippen LogP contribution in [0.5, 0.6) is 0 Å². The van der Waals surface area contributed by atoms with Crippen molar-refractivity contribution in [2.24, 2.45) is 5.73 Å². The van der Waals surface area contributed by atoms with Crippen molar-refractivity contribution in [2.75, 3.05) is 45.8 Å². The van der Waals surface area contributed by atoms with Crippen LogP contribution in [0, 0.1) is 0 Å². The molecule has 0 rings (SSSR count). The Morgan fingerprint density at radius 2 is 1.25 bits per heavy atom. The molecule has 0 saturated heterocycles. The highest BCUT2D eigenvalue weighted by atomic mass is 16.4. The molecule has 6 N–H and O–H groups in total. The van der Waals surface area contributed by atoms with Crippen LogP contribution in [0.4, 0.5) is 0 Å². The van der Waals surface area contributed by atoms with E-state index in [1.54, 1.807) is 0 Å². The summed E-state index contributed by atoms with van der Waals surface area (Å²) in [6.45, 7) is 0.866. The molecule has 11 heteroatoms. The van der Waals surface area contributed by atoms with Gasteiger partial charge in [0, 0.05) is 6.54 Å². The molecule has 0 radical (unpaired) electrons. The Morgan fingerprint density at radius 1 is 0.833 bits per heavy atom. The average Bonchev–Trinajstić information content (AvgIpc) is 2.34. The van der Waals surface area contributed by atoms with E-state index in [0.29, 0.717) is 0 Å². The van der Waals surface area contributed by atoms with Crippen molar-refractivity contribution in [2.45, 2.75) is 0 Å². The van der Waals surface area contributed by atoms with Crippen molar-refractivity contribution in [3.8, 4) is 0 Å². The van der Waals surface area contributed by atoms with Crippen molar-refractivity contribution < 1.29 is 44.1 Å². The van der Waals surface area contributed by atoms with Crippen LogP contribution >= 0.6 is 0 Å². The van der Waals surface area contributed by atoms with Gasteiger partial charge in [0.15, 0.2) is 13.1 Å². The molecule has 11 nitrogen and oxygen atoms in total. The van der Waals surface area contributed by atoms with Crippen LogP contribution in [0.25, 0.3) is 0 Å². The van der Waals surface area contributed by atoms with E-state index in [0.717, 1.165) is 4.90 Å². The third-order valence-corrected chi connectivity index (χ3v) is 3.16. The quantitative estimate of drug-likeness (QED) is 0.232. The molecule has 0 atom stereocenters. The summed E-state index contributed by atoms with van der Waals surface area (Å²) in [5, 5.41) is 35.8. The largest absolute Gasteiger partial charge is 0.480 e. The summed E-state index contributed by atoms with van der Waals surface area (Å²) < 4.78 is -0.504. The van der Waals surface area contributed by atoms with Gasteiger partial charge >= 0.3 is 23.9 Å². The van der Waals surface area contributed by atoms with Crippen molar-refractivity contribution >= 4 is 23.9 Å². The number of nitrogens with two attached hydrogens (primary N) is 1. The first kappa shape index (κ1) is 21.3. The Bertz CT molecular complexity index is 487. The van der Waals surface area contributed by atoms with E-state index in [-0.39, 0.29) is 25.3 Å². The summed E-state index contributed by atoms with van der Waals surface area (Å²) in [6, 6.07) is 0. The van der Waals surface area contributed by atoms with Gasteiger partial charge in [0.1, 0.15) is 19.6 Å². The van der Waals surface area contributed by atoms with Crippen LogP contribution in [0.3, 0.4) is 0 Å². The van der Waals surface area contributed by atoms with Gasteiger partial charge in [-0.05, 0) is 0 Å². The van der Waals surface area contributed by atoms with E-state index >= 15 is 0 Å². The van der Waals surface area contributed by atoms with Gasteiger partial charge in [0.25, 0.3) is 0 Å². The molecule has 0 aromatic heterocycles. The van der Waals surface area contributed by atoms with Gasteiger partial charge in [0.05, 0.1) is 12.2 Å². The number of hydrogen-bond acceptors (Lipinski definition) is 6. The number of rotatable bonds is 13. The highest BCUT2D eigenvalue weighted by molar-refractivity contribution is 5.73. The molecule has 0 fully saturated rings. The second-order valence-corrected chi connectivity index (χ2v) is 5.33. The zero-order chi connectivity index (χ0) is 18.9. The van der Waals surface area contributed by atoms with Gasteiger partial charge in [-0.1, -0.05) is 6.58 Å². The van der Waals surface area contributed by atoms with E-state index in [1.807, 2.05) is 0 Å². The van der Waals surface area contributed by atoms with E-state index in [1.165, 1.54) is 0 Å². The zero-order valence-electron chi connectivity index (χ0n) is 13.1. The number of carboxylic acids is 4.